The van der Waals surface area contributed by atoms with Gasteiger partial charge in [0.05, 0.1) is 6.61 Å². The predicted octanol–water partition coefficient (Wildman–Crippen LogP) is 2.37. The summed E-state index contributed by atoms with van der Waals surface area (Å²) < 4.78 is 5.74. The Morgan fingerprint density at radius 1 is 1.21 bits per heavy atom. The standard InChI is InChI=1S/C16H32N2O/c1-13(2)10-17-11-15-6-7-16(15)18(3)8-9-19-12-14-4-5-14/h13-17H,4-12H2,1-3H3. The number of hydrogen-bond donors (Lipinski definition) is 1. The predicted molar refractivity (Wildman–Crippen MR) is 80.4 cm³/mol. The Morgan fingerprint density at radius 2 is 2.00 bits per heavy atom. The van der Waals surface area contributed by atoms with Gasteiger partial charge in [0.15, 0.2) is 0 Å². The molecule has 0 aromatic rings. The smallest absolute Gasteiger partial charge is 0.0593 e. The summed E-state index contributed by atoms with van der Waals surface area (Å²) >= 11 is 0. The molecule has 19 heavy (non-hydrogen) atoms. The van der Waals surface area contributed by atoms with Crippen LogP contribution in [0.3, 0.4) is 0 Å². The van der Waals surface area contributed by atoms with E-state index in [1.165, 1.54) is 32.2 Å². The molecule has 2 saturated carbocycles. The van der Waals surface area contributed by atoms with E-state index in [1.54, 1.807) is 0 Å². The topological polar surface area (TPSA) is 24.5 Å². The number of rotatable bonds is 10. The molecule has 2 atom stereocenters. The fourth-order valence-corrected chi connectivity index (χ4v) is 2.84. The van der Waals surface area contributed by atoms with Crippen LogP contribution >= 0.6 is 0 Å². The van der Waals surface area contributed by atoms with Crippen molar-refractivity contribution in [3.8, 4) is 0 Å². The van der Waals surface area contributed by atoms with Crippen LogP contribution in [-0.4, -0.2) is 50.8 Å². The third kappa shape index (κ3) is 5.41. The van der Waals surface area contributed by atoms with E-state index in [1.807, 2.05) is 0 Å². The summed E-state index contributed by atoms with van der Waals surface area (Å²) in [4.78, 5) is 2.51. The van der Waals surface area contributed by atoms with E-state index in [0.29, 0.717) is 0 Å². The molecule has 2 aliphatic rings. The molecule has 3 heteroatoms. The highest BCUT2D eigenvalue weighted by molar-refractivity contribution is 4.89. The molecule has 0 aromatic carbocycles. The van der Waals surface area contributed by atoms with E-state index in [-0.39, 0.29) is 0 Å². The minimum absolute atomic E-state index is 0.757. The van der Waals surface area contributed by atoms with Gasteiger partial charge in [0.2, 0.25) is 0 Å². The highest BCUT2D eigenvalue weighted by atomic mass is 16.5. The van der Waals surface area contributed by atoms with Crippen LogP contribution < -0.4 is 5.32 Å². The lowest BCUT2D eigenvalue weighted by Crippen LogP contribution is -2.50. The molecule has 2 aliphatic carbocycles. The van der Waals surface area contributed by atoms with Crippen molar-refractivity contribution in [1.82, 2.24) is 10.2 Å². The zero-order chi connectivity index (χ0) is 13.7. The summed E-state index contributed by atoms with van der Waals surface area (Å²) in [6.07, 6.45) is 5.54. The monoisotopic (exact) mass is 268 g/mol. The minimum atomic E-state index is 0.757. The fourth-order valence-electron chi connectivity index (χ4n) is 2.84. The maximum atomic E-state index is 5.74. The van der Waals surface area contributed by atoms with Crippen molar-refractivity contribution in [1.29, 1.82) is 0 Å². The van der Waals surface area contributed by atoms with Gasteiger partial charge < -0.3 is 15.0 Å². The van der Waals surface area contributed by atoms with E-state index in [9.17, 15) is 0 Å². The van der Waals surface area contributed by atoms with Gasteiger partial charge >= 0.3 is 0 Å². The van der Waals surface area contributed by atoms with Crippen molar-refractivity contribution < 1.29 is 4.74 Å². The van der Waals surface area contributed by atoms with Gasteiger partial charge in [0.25, 0.3) is 0 Å². The first-order valence-electron chi connectivity index (χ1n) is 8.15. The van der Waals surface area contributed by atoms with Crippen LogP contribution in [0.2, 0.25) is 0 Å². The Balaban J connectivity index is 1.52. The van der Waals surface area contributed by atoms with Gasteiger partial charge in [0.1, 0.15) is 0 Å². The summed E-state index contributed by atoms with van der Waals surface area (Å²) in [6, 6.07) is 0.782. The summed E-state index contributed by atoms with van der Waals surface area (Å²) in [7, 11) is 2.26. The third-order valence-corrected chi connectivity index (χ3v) is 4.54. The Kier molecular flexibility index (Phi) is 6.11. The molecule has 2 rings (SSSR count). The second kappa shape index (κ2) is 7.61. The van der Waals surface area contributed by atoms with Crippen LogP contribution in [-0.2, 0) is 4.74 Å². The number of likely N-dealkylation sites (N-methyl/N-ethyl adjacent to an activating group) is 1. The van der Waals surface area contributed by atoms with Crippen molar-refractivity contribution >= 4 is 0 Å². The minimum Gasteiger partial charge on any atom is -0.380 e. The fraction of sp³-hybridized carbons (Fsp3) is 1.00. The zero-order valence-electron chi connectivity index (χ0n) is 13.0. The Hall–Kier alpha value is -0.120. The van der Waals surface area contributed by atoms with Crippen LogP contribution in [0.4, 0.5) is 0 Å². The van der Waals surface area contributed by atoms with Gasteiger partial charge in [-0.2, -0.15) is 0 Å². The average Bonchev–Trinajstić information content (AvgIpc) is 3.12. The number of nitrogens with zero attached hydrogens (tertiary/aromatic N) is 1. The van der Waals surface area contributed by atoms with Gasteiger partial charge in [-0.15, -0.1) is 0 Å². The molecule has 0 saturated heterocycles. The number of nitrogens with one attached hydrogen (secondary N) is 1. The van der Waals surface area contributed by atoms with Gasteiger partial charge in [-0.05, 0) is 63.6 Å². The molecule has 0 amide bonds. The molecule has 1 N–H and O–H groups in total. The van der Waals surface area contributed by atoms with E-state index in [2.05, 4.69) is 31.1 Å². The SMILES string of the molecule is CC(C)CNCC1CCC1N(C)CCOCC1CC1. The van der Waals surface area contributed by atoms with Crippen molar-refractivity contribution in [3.05, 3.63) is 0 Å². The van der Waals surface area contributed by atoms with Crippen molar-refractivity contribution in [3.63, 3.8) is 0 Å². The van der Waals surface area contributed by atoms with Gasteiger partial charge in [-0.1, -0.05) is 13.8 Å². The maximum Gasteiger partial charge on any atom is 0.0593 e. The van der Waals surface area contributed by atoms with Gasteiger partial charge in [0, 0.05) is 19.2 Å². The summed E-state index contributed by atoms with van der Waals surface area (Å²) in [6.45, 7) is 9.89. The first kappa shape index (κ1) is 15.3. The lowest BCUT2D eigenvalue weighted by molar-refractivity contribution is 0.0440. The molecule has 112 valence electrons. The maximum absolute atomic E-state index is 5.74. The molecule has 2 fully saturated rings. The van der Waals surface area contributed by atoms with Crippen molar-refractivity contribution in [2.24, 2.45) is 17.8 Å². The van der Waals surface area contributed by atoms with E-state index < -0.39 is 0 Å². The highest BCUT2D eigenvalue weighted by Crippen LogP contribution is 2.31. The number of hydrogen-bond acceptors (Lipinski definition) is 3. The van der Waals surface area contributed by atoms with E-state index >= 15 is 0 Å². The van der Waals surface area contributed by atoms with Crippen LogP contribution in [0.5, 0.6) is 0 Å². The second-order valence-electron chi connectivity index (χ2n) is 6.96. The first-order valence-corrected chi connectivity index (χ1v) is 8.15. The lowest BCUT2D eigenvalue weighted by atomic mass is 9.78. The lowest BCUT2D eigenvalue weighted by Gasteiger charge is -2.43. The second-order valence-corrected chi connectivity index (χ2v) is 6.96. The average molecular weight is 268 g/mol. The summed E-state index contributed by atoms with van der Waals surface area (Å²) in [5, 5.41) is 3.60. The van der Waals surface area contributed by atoms with Crippen molar-refractivity contribution in [2.75, 3.05) is 39.9 Å². The molecular formula is C16H32N2O. The van der Waals surface area contributed by atoms with E-state index in [0.717, 1.165) is 50.1 Å². The molecule has 0 aliphatic heterocycles. The summed E-state index contributed by atoms with van der Waals surface area (Å²) in [5.41, 5.74) is 0. The Morgan fingerprint density at radius 3 is 2.58 bits per heavy atom. The normalized spacial score (nSPS) is 27.0. The Labute approximate surface area is 119 Å². The van der Waals surface area contributed by atoms with E-state index in [4.69, 9.17) is 4.74 Å². The molecular weight excluding hydrogens is 236 g/mol. The molecule has 2 unspecified atom stereocenters. The molecule has 0 spiro atoms. The van der Waals surface area contributed by atoms with Gasteiger partial charge in [-0.25, -0.2) is 0 Å². The van der Waals surface area contributed by atoms with Crippen LogP contribution in [0, 0.1) is 17.8 Å². The third-order valence-electron chi connectivity index (χ3n) is 4.54. The molecule has 0 radical (unpaired) electrons. The quantitative estimate of drug-likeness (QED) is 0.616. The highest BCUT2D eigenvalue weighted by Gasteiger charge is 2.33. The number of ether oxygens (including phenoxy) is 1. The van der Waals surface area contributed by atoms with Crippen LogP contribution in [0.25, 0.3) is 0 Å². The largest absolute Gasteiger partial charge is 0.380 e. The molecule has 3 nitrogen and oxygen atoms in total. The van der Waals surface area contributed by atoms with Crippen molar-refractivity contribution in [2.45, 2.75) is 45.6 Å². The molecule has 0 bridgehead atoms. The Bertz CT molecular complexity index is 253. The molecule has 0 heterocycles. The van der Waals surface area contributed by atoms with Crippen LogP contribution in [0.1, 0.15) is 39.5 Å². The zero-order valence-corrected chi connectivity index (χ0v) is 13.0. The van der Waals surface area contributed by atoms with Gasteiger partial charge in [-0.3, -0.25) is 0 Å². The molecule has 0 aromatic heterocycles. The summed E-state index contributed by atoms with van der Waals surface area (Å²) in [5.74, 6) is 2.50. The van der Waals surface area contributed by atoms with Crippen LogP contribution in [0.15, 0.2) is 0 Å². The first-order chi connectivity index (χ1) is 9.16.